The first-order valence-corrected chi connectivity index (χ1v) is 17.4. The lowest BCUT2D eigenvalue weighted by molar-refractivity contribution is -0.128. The van der Waals surface area contributed by atoms with E-state index in [0.29, 0.717) is 19.3 Å². The van der Waals surface area contributed by atoms with Crippen molar-refractivity contribution in [2.24, 2.45) is 55.1 Å². The molecule has 0 aliphatic heterocycles. The van der Waals surface area contributed by atoms with Crippen LogP contribution in [0, 0.1) is 0 Å². The van der Waals surface area contributed by atoms with Crippen LogP contribution >= 0.6 is 0 Å². The Labute approximate surface area is 328 Å². The van der Waals surface area contributed by atoms with Crippen LogP contribution in [0.5, 0.6) is 0 Å². The third kappa shape index (κ3) is 14.0. The van der Waals surface area contributed by atoms with Gasteiger partial charge in [0.1, 0.15) is 46.2 Å². The number of nitrogens with two attached hydrogens (primary N) is 7. The fraction of sp³-hybridized carbons (Fsp3) is 0.303. The maximum absolute atomic E-state index is 13.5. The second-order valence-electron chi connectivity index (χ2n) is 12.4. The molecule has 310 valence electrons. The zero-order valence-electron chi connectivity index (χ0n) is 30.9. The van der Waals surface area contributed by atoms with Crippen LogP contribution < -0.4 is 61.4 Å². The minimum absolute atomic E-state index is 0.00116. The molecule has 0 aliphatic rings. The maximum Gasteiger partial charge on any atom is 0.296 e. The van der Waals surface area contributed by atoms with Gasteiger partial charge in [0.25, 0.3) is 35.4 Å². The Morgan fingerprint density at radius 3 is 1.17 bits per heavy atom. The van der Waals surface area contributed by atoms with Crippen molar-refractivity contribution in [1.29, 1.82) is 0 Å². The number of hydrogen-bond donors (Lipinski definition) is 14. The van der Waals surface area contributed by atoms with Crippen LogP contribution in [0.25, 0.3) is 0 Å². The Balaban J connectivity index is 1.59. The molecule has 0 radical (unpaired) electrons. The van der Waals surface area contributed by atoms with Crippen molar-refractivity contribution in [3.05, 3.63) is 70.6 Å². The summed E-state index contributed by atoms with van der Waals surface area (Å²) in [5.41, 5.74) is 36.8. The second-order valence-corrected chi connectivity index (χ2v) is 12.4. The van der Waals surface area contributed by atoms with Crippen LogP contribution in [0.3, 0.4) is 0 Å². The summed E-state index contributed by atoms with van der Waals surface area (Å²) in [6.07, 6.45) is 1.40. The first-order valence-electron chi connectivity index (χ1n) is 17.4. The van der Waals surface area contributed by atoms with Gasteiger partial charge in [0.05, 0.1) is 0 Å². The van der Waals surface area contributed by atoms with Crippen molar-refractivity contribution in [3.8, 4) is 0 Å². The van der Waals surface area contributed by atoms with Crippen LogP contribution in [0.2, 0.25) is 0 Å². The highest BCUT2D eigenvalue weighted by molar-refractivity contribution is 6.04. The number of nitrogens with zero attached hydrogens (tertiary/aromatic N) is 3. The number of amides is 8. The molecule has 0 aliphatic carbocycles. The quantitative estimate of drug-likeness (QED) is 0.0296. The second kappa shape index (κ2) is 21.2. The molecule has 3 aromatic rings. The minimum Gasteiger partial charge on any atom is -0.370 e. The van der Waals surface area contributed by atoms with Crippen LogP contribution in [-0.4, -0.2) is 105 Å². The molecule has 3 aromatic heterocycles. The highest BCUT2D eigenvalue weighted by Gasteiger charge is 2.27. The highest BCUT2D eigenvalue weighted by atomic mass is 16.2. The van der Waals surface area contributed by atoms with E-state index in [4.69, 9.17) is 40.1 Å². The van der Waals surface area contributed by atoms with Gasteiger partial charge < -0.3 is 76.4 Å². The van der Waals surface area contributed by atoms with Crippen molar-refractivity contribution in [2.75, 3.05) is 13.1 Å². The van der Waals surface area contributed by atoms with Gasteiger partial charge in [-0.25, -0.2) is 0 Å². The molecule has 0 saturated heterocycles. The molecule has 58 heavy (non-hydrogen) atoms. The molecular weight excluding hydrogens is 762 g/mol. The average molecular weight is 808 g/mol. The molecule has 3 heterocycles. The van der Waals surface area contributed by atoms with Crippen molar-refractivity contribution in [1.82, 2.24) is 36.2 Å². The summed E-state index contributed by atoms with van der Waals surface area (Å²) in [5, 5.41) is 10.4. The van der Waals surface area contributed by atoms with E-state index in [1.165, 1.54) is 36.4 Å². The number of unbranched alkanes of at least 4 members (excludes halogenated alkanes) is 2. The molecule has 8 amide bonds. The number of guanidine groups is 3. The first-order chi connectivity index (χ1) is 27.4. The predicted molar refractivity (Wildman–Crippen MR) is 208 cm³/mol. The number of nitrogens with one attached hydrogen (secondary N) is 7. The summed E-state index contributed by atoms with van der Waals surface area (Å²) in [7, 11) is 0. The molecular formula is C33H45N17O8. The third-order valence-corrected chi connectivity index (χ3v) is 7.87. The number of rotatable bonds is 20. The fourth-order valence-electron chi connectivity index (χ4n) is 5.09. The van der Waals surface area contributed by atoms with E-state index in [9.17, 15) is 38.4 Å². The van der Waals surface area contributed by atoms with Crippen molar-refractivity contribution < 1.29 is 38.4 Å². The Morgan fingerprint density at radius 2 is 0.810 bits per heavy atom. The van der Waals surface area contributed by atoms with E-state index in [2.05, 4.69) is 51.2 Å². The van der Waals surface area contributed by atoms with Crippen LogP contribution in [-0.2, 0) is 9.59 Å². The number of aromatic nitrogens is 3. The normalized spacial score (nSPS) is 11.5. The van der Waals surface area contributed by atoms with E-state index in [0.717, 1.165) is 0 Å². The van der Waals surface area contributed by atoms with Crippen molar-refractivity contribution in [3.63, 3.8) is 0 Å². The molecule has 25 heteroatoms. The Morgan fingerprint density at radius 1 is 0.466 bits per heavy atom. The zero-order chi connectivity index (χ0) is 42.9. The van der Waals surface area contributed by atoms with E-state index < -0.39 is 77.2 Å². The van der Waals surface area contributed by atoms with Crippen molar-refractivity contribution in [2.45, 2.75) is 50.6 Å². The number of hydrogen-bond acceptors (Lipinski definition) is 8. The van der Waals surface area contributed by atoms with Gasteiger partial charge in [-0.3, -0.25) is 38.4 Å². The largest absolute Gasteiger partial charge is 0.370 e. The number of carbonyl (C=O) groups excluding carboxylic acids is 8. The Hall–Kier alpha value is -7.99. The van der Waals surface area contributed by atoms with E-state index >= 15 is 0 Å². The first kappa shape index (κ1) is 44.4. The monoisotopic (exact) mass is 807 g/mol. The van der Waals surface area contributed by atoms with Gasteiger partial charge in [0.2, 0.25) is 11.8 Å². The Kier molecular flexibility index (Phi) is 16.2. The van der Waals surface area contributed by atoms with Crippen molar-refractivity contribution >= 4 is 65.1 Å². The van der Waals surface area contributed by atoms with E-state index in [1.807, 2.05) is 0 Å². The molecule has 0 fully saturated rings. The molecule has 0 unspecified atom stereocenters. The van der Waals surface area contributed by atoms with Crippen LogP contribution in [0.4, 0.5) is 0 Å². The average Bonchev–Trinajstić information content (AvgIpc) is 3.94. The summed E-state index contributed by atoms with van der Waals surface area (Å²) in [5.74, 6) is -7.19. The number of carbonyl (C=O) groups is 8. The topological polar surface area (TPSA) is 451 Å². The smallest absolute Gasteiger partial charge is 0.296 e. The SMILES string of the molecule is NC(=O)[C@H](CCCCNC(=O)c1ccc(C(=O)N=C(N)N)[nH]1)NC(=O)[C@H](CCCCNC(=O)c1ccc(C(=O)N=C(N)N)[nH]1)NC(=O)c1ccc(C(=O)N=C(N)N)[nH]1. The molecule has 0 bridgehead atoms. The maximum atomic E-state index is 13.5. The lowest BCUT2D eigenvalue weighted by Crippen LogP contribution is -2.53. The lowest BCUT2D eigenvalue weighted by Gasteiger charge is -2.22. The van der Waals surface area contributed by atoms with Gasteiger partial charge >= 0.3 is 0 Å². The molecule has 25 nitrogen and oxygen atoms in total. The molecule has 3 rings (SSSR count). The number of aromatic amines is 3. The van der Waals surface area contributed by atoms with Gasteiger partial charge in [-0.05, 0) is 74.9 Å². The van der Waals surface area contributed by atoms with Crippen LogP contribution in [0.1, 0.15) is 101 Å². The summed E-state index contributed by atoms with van der Waals surface area (Å²) in [6.45, 7) is 0.292. The van der Waals surface area contributed by atoms with Gasteiger partial charge in [0.15, 0.2) is 17.9 Å². The fourth-order valence-corrected chi connectivity index (χ4v) is 5.09. The Bertz CT molecular complexity index is 2100. The number of aliphatic imine (C=N–C) groups is 3. The van der Waals surface area contributed by atoms with E-state index in [-0.39, 0.29) is 66.5 Å². The van der Waals surface area contributed by atoms with Crippen LogP contribution in [0.15, 0.2) is 51.4 Å². The predicted octanol–water partition coefficient (Wildman–Crippen LogP) is -3.82. The molecule has 21 N–H and O–H groups in total. The number of H-pyrrole nitrogens is 3. The standard InChI is InChI=1S/C33H45N17O8/c34-23(51)15(5-1-3-13-41-24(52)17-7-9-20(43-17)28(56)48-31(35)36)46-26(54)16(47-27(55)19-11-12-22(45-19)30(58)50-33(39)40)6-2-4-14-42-25(53)18-8-10-21(44-18)29(57)49-32(37)38/h7-12,15-16,43-45H,1-6,13-14H2,(H2,34,51)(H,41,52)(H,42,53)(H,46,54)(H,47,55)(H4,35,36,48,56)(H4,37,38,49,57)(H4,39,40,50,58)/t15-,16-/m0/s1. The van der Waals surface area contributed by atoms with Gasteiger partial charge in [0, 0.05) is 13.1 Å². The highest BCUT2D eigenvalue weighted by Crippen LogP contribution is 2.10. The lowest BCUT2D eigenvalue weighted by atomic mass is 10.1. The molecule has 0 spiro atoms. The van der Waals surface area contributed by atoms with Gasteiger partial charge in [-0.1, -0.05) is 0 Å². The molecule has 2 atom stereocenters. The summed E-state index contributed by atoms with van der Waals surface area (Å²) in [4.78, 5) is 118. The summed E-state index contributed by atoms with van der Waals surface area (Å²) < 4.78 is 0. The zero-order valence-corrected chi connectivity index (χ0v) is 30.9. The van der Waals surface area contributed by atoms with E-state index in [1.54, 1.807) is 0 Å². The minimum atomic E-state index is -1.22. The van der Waals surface area contributed by atoms with Gasteiger partial charge in [-0.15, -0.1) is 0 Å². The number of primary amides is 1. The van der Waals surface area contributed by atoms with Gasteiger partial charge in [-0.2, -0.15) is 15.0 Å². The summed E-state index contributed by atoms with van der Waals surface area (Å²) in [6, 6.07) is 5.57. The molecule has 0 aromatic carbocycles. The molecule has 0 saturated carbocycles. The summed E-state index contributed by atoms with van der Waals surface area (Å²) >= 11 is 0. The third-order valence-electron chi connectivity index (χ3n) is 7.87.